The SMILES string of the molecule is CCN(C(=O)c1c(OC)cccc1OC)C(C)CC(=O)O. The number of carboxylic acids is 1. The molecule has 1 rings (SSSR count). The fourth-order valence-corrected chi connectivity index (χ4v) is 2.22. The van der Waals surface area contributed by atoms with E-state index in [4.69, 9.17) is 14.6 Å². The summed E-state index contributed by atoms with van der Waals surface area (Å²) in [6.07, 6.45) is -0.114. The van der Waals surface area contributed by atoms with Gasteiger partial charge in [0.25, 0.3) is 5.91 Å². The van der Waals surface area contributed by atoms with Crippen LogP contribution in [0.3, 0.4) is 0 Å². The van der Waals surface area contributed by atoms with Gasteiger partial charge < -0.3 is 19.5 Å². The van der Waals surface area contributed by atoms with Crippen LogP contribution in [0, 0.1) is 0 Å². The van der Waals surface area contributed by atoms with Gasteiger partial charge in [-0.3, -0.25) is 9.59 Å². The van der Waals surface area contributed by atoms with E-state index in [2.05, 4.69) is 0 Å². The summed E-state index contributed by atoms with van der Waals surface area (Å²) in [5.41, 5.74) is 0.307. The van der Waals surface area contributed by atoms with Gasteiger partial charge in [0, 0.05) is 12.6 Å². The van der Waals surface area contributed by atoms with Crippen LogP contribution in [0.2, 0.25) is 0 Å². The third kappa shape index (κ3) is 3.87. The van der Waals surface area contributed by atoms with Crippen molar-refractivity contribution in [2.45, 2.75) is 26.3 Å². The van der Waals surface area contributed by atoms with Crippen LogP contribution in [-0.4, -0.2) is 48.7 Å². The van der Waals surface area contributed by atoms with Crippen molar-refractivity contribution >= 4 is 11.9 Å². The average molecular weight is 295 g/mol. The van der Waals surface area contributed by atoms with Crippen LogP contribution in [0.5, 0.6) is 11.5 Å². The molecule has 0 radical (unpaired) electrons. The van der Waals surface area contributed by atoms with Gasteiger partial charge in [-0.1, -0.05) is 6.07 Å². The third-order valence-electron chi connectivity index (χ3n) is 3.25. The summed E-state index contributed by atoms with van der Waals surface area (Å²) in [7, 11) is 2.95. The summed E-state index contributed by atoms with van der Waals surface area (Å²) in [6, 6.07) is 4.65. The summed E-state index contributed by atoms with van der Waals surface area (Å²) < 4.78 is 10.4. The van der Waals surface area contributed by atoms with Crippen molar-refractivity contribution in [3.05, 3.63) is 23.8 Å². The van der Waals surface area contributed by atoms with Crippen LogP contribution < -0.4 is 9.47 Å². The quantitative estimate of drug-likeness (QED) is 0.833. The average Bonchev–Trinajstić information content (AvgIpc) is 2.45. The zero-order chi connectivity index (χ0) is 16.0. The van der Waals surface area contributed by atoms with Gasteiger partial charge in [0.2, 0.25) is 0 Å². The number of methoxy groups -OCH3 is 2. The summed E-state index contributed by atoms with van der Waals surface area (Å²) in [5, 5.41) is 8.89. The fraction of sp³-hybridized carbons (Fsp3) is 0.467. The number of aliphatic carboxylic acids is 1. The number of carbonyl (C=O) groups excluding carboxylic acids is 1. The number of benzene rings is 1. The zero-order valence-corrected chi connectivity index (χ0v) is 12.8. The van der Waals surface area contributed by atoms with E-state index in [1.54, 1.807) is 32.0 Å². The third-order valence-corrected chi connectivity index (χ3v) is 3.25. The lowest BCUT2D eigenvalue weighted by molar-refractivity contribution is -0.138. The summed E-state index contributed by atoms with van der Waals surface area (Å²) in [5.74, 6) is -0.443. The molecule has 1 amide bonds. The van der Waals surface area contributed by atoms with E-state index < -0.39 is 12.0 Å². The number of hydrogen-bond donors (Lipinski definition) is 1. The highest BCUT2D eigenvalue weighted by Gasteiger charge is 2.27. The summed E-state index contributed by atoms with van der Waals surface area (Å²) in [4.78, 5) is 25.1. The molecule has 0 fully saturated rings. The fourth-order valence-electron chi connectivity index (χ4n) is 2.22. The molecule has 0 bridgehead atoms. The minimum absolute atomic E-state index is 0.114. The predicted molar refractivity (Wildman–Crippen MR) is 78.0 cm³/mol. The molecule has 0 heterocycles. The topological polar surface area (TPSA) is 76.1 Å². The first kappa shape index (κ1) is 16.8. The standard InChI is InChI=1S/C15H21NO5/c1-5-16(10(2)9-13(17)18)15(19)14-11(20-3)7-6-8-12(14)21-4/h6-8,10H,5,9H2,1-4H3,(H,17,18). The number of rotatable bonds is 7. The molecular weight excluding hydrogens is 274 g/mol. The maximum absolute atomic E-state index is 12.7. The first-order valence-electron chi connectivity index (χ1n) is 6.69. The van der Waals surface area contributed by atoms with Crippen molar-refractivity contribution in [3.63, 3.8) is 0 Å². The van der Waals surface area contributed by atoms with Gasteiger partial charge in [-0.05, 0) is 26.0 Å². The Morgan fingerprint density at radius 2 is 1.76 bits per heavy atom. The molecule has 0 aliphatic heterocycles. The number of hydrogen-bond acceptors (Lipinski definition) is 4. The molecule has 116 valence electrons. The van der Waals surface area contributed by atoms with Crippen LogP contribution >= 0.6 is 0 Å². The van der Waals surface area contributed by atoms with Crippen molar-refractivity contribution in [1.29, 1.82) is 0 Å². The van der Waals surface area contributed by atoms with Crippen LogP contribution in [0.25, 0.3) is 0 Å². The molecular formula is C15H21NO5. The van der Waals surface area contributed by atoms with Crippen LogP contribution in [0.1, 0.15) is 30.6 Å². The minimum atomic E-state index is -0.944. The second-order valence-corrected chi connectivity index (χ2v) is 4.58. The van der Waals surface area contributed by atoms with Crippen LogP contribution in [0.4, 0.5) is 0 Å². The van der Waals surface area contributed by atoms with Gasteiger partial charge in [0.15, 0.2) is 0 Å². The zero-order valence-electron chi connectivity index (χ0n) is 12.8. The Bertz CT molecular complexity index is 493. The number of amides is 1. The highest BCUT2D eigenvalue weighted by atomic mass is 16.5. The van der Waals surface area contributed by atoms with Gasteiger partial charge in [0.05, 0.1) is 20.6 Å². The molecule has 1 atom stereocenters. The van der Waals surface area contributed by atoms with Crippen molar-refractivity contribution < 1.29 is 24.2 Å². The molecule has 0 aliphatic carbocycles. The van der Waals surface area contributed by atoms with Gasteiger partial charge in [-0.2, -0.15) is 0 Å². The van der Waals surface area contributed by atoms with E-state index in [9.17, 15) is 9.59 Å². The normalized spacial score (nSPS) is 11.6. The lowest BCUT2D eigenvalue weighted by Crippen LogP contribution is -2.40. The number of carbonyl (C=O) groups is 2. The number of nitrogens with zero attached hydrogens (tertiary/aromatic N) is 1. The van der Waals surface area contributed by atoms with Gasteiger partial charge in [0.1, 0.15) is 17.1 Å². The highest BCUT2D eigenvalue weighted by molar-refractivity contribution is 6.00. The Hall–Kier alpha value is -2.24. The van der Waals surface area contributed by atoms with E-state index in [1.165, 1.54) is 19.1 Å². The molecule has 0 spiro atoms. The molecule has 6 nitrogen and oxygen atoms in total. The van der Waals surface area contributed by atoms with Gasteiger partial charge >= 0.3 is 5.97 Å². The Morgan fingerprint density at radius 1 is 1.24 bits per heavy atom. The Balaban J connectivity index is 3.18. The largest absolute Gasteiger partial charge is 0.496 e. The highest BCUT2D eigenvalue weighted by Crippen LogP contribution is 2.30. The molecule has 0 aromatic heterocycles. The molecule has 0 saturated carbocycles. The van der Waals surface area contributed by atoms with Crippen molar-refractivity contribution in [3.8, 4) is 11.5 Å². The molecule has 0 saturated heterocycles. The Morgan fingerprint density at radius 3 is 2.14 bits per heavy atom. The molecule has 0 aliphatic rings. The van der Waals surface area contributed by atoms with E-state index in [0.29, 0.717) is 23.6 Å². The van der Waals surface area contributed by atoms with Crippen molar-refractivity contribution in [2.75, 3.05) is 20.8 Å². The molecule has 6 heteroatoms. The molecule has 21 heavy (non-hydrogen) atoms. The van der Waals surface area contributed by atoms with Gasteiger partial charge in [-0.25, -0.2) is 0 Å². The molecule has 1 aromatic rings. The van der Waals surface area contributed by atoms with E-state index >= 15 is 0 Å². The van der Waals surface area contributed by atoms with E-state index in [0.717, 1.165) is 0 Å². The first-order chi connectivity index (χ1) is 9.96. The number of carboxylic acid groups (broad SMARTS) is 1. The Labute approximate surface area is 124 Å². The summed E-state index contributed by atoms with van der Waals surface area (Å²) >= 11 is 0. The van der Waals surface area contributed by atoms with Crippen LogP contribution in [0.15, 0.2) is 18.2 Å². The molecule has 1 aromatic carbocycles. The molecule has 1 unspecified atom stereocenters. The maximum Gasteiger partial charge on any atom is 0.305 e. The van der Waals surface area contributed by atoms with Crippen molar-refractivity contribution in [1.82, 2.24) is 4.90 Å². The maximum atomic E-state index is 12.7. The predicted octanol–water partition coefficient (Wildman–Crippen LogP) is 2.03. The number of ether oxygens (including phenoxy) is 2. The van der Waals surface area contributed by atoms with Crippen LogP contribution in [-0.2, 0) is 4.79 Å². The smallest absolute Gasteiger partial charge is 0.305 e. The minimum Gasteiger partial charge on any atom is -0.496 e. The monoisotopic (exact) mass is 295 g/mol. The first-order valence-corrected chi connectivity index (χ1v) is 6.69. The lowest BCUT2D eigenvalue weighted by atomic mass is 10.1. The molecule has 1 N–H and O–H groups in total. The Kier molecular flexibility index (Phi) is 6.02. The second-order valence-electron chi connectivity index (χ2n) is 4.58. The second kappa shape index (κ2) is 7.52. The lowest BCUT2D eigenvalue weighted by Gasteiger charge is -2.28. The van der Waals surface area contributed by atoms with E-state index in [-0.39, 0.29) is 12.3 Å². The van der Waals surface area contributed by atoms with Gasteiger partial charge in [-0.15, -0.1) is 0 Å². The summed E-state index contributed by atoms with van der Waals surface area (Å²) in [6.45, 7) is 3.91. The van der Waals surface area contributed by atoms with Crippen molar-refractivity contribution in [2.24, 2.45) is 0 Å². The van der Waals surface area contributed by atoms with E-state index in [1.807, 2.05) is 0 Å².